The summed E-state index contributed by atoms with van der Waals surface area (Å²) in [5.74, 6) is 0.936. The smallest absolute Gasteiger partial charge is 0.128 e. The van der Waals surface area contributed by atoms with Crippen molar-refractivity contribution in [1.29, 1.82) is 0 Å². The predicted octanol–water partition coefficient (Wildman–Crippen LogP) is 1.90. The monoisotopic (exact) mass is 192 g/mol. The van der Waals surface area contributed by atoms with Crippen molar-refractivity contribution in [2.75, 3.05) is 6.61 Å². The van der Waals surface area contributed by atoms with Crippen molar-refractivity contribution in [1.82, 2.24) is 9.97 Å². The van der Waals surface area contributed by atoms with Gasteiger partial charge in [-0.15, -0.1) is 0 Å². The van der Waals surface area contributed by atoms with Crippen molar-refractivity contribution in [2.45, 2.75) is 38.7 Å². The van der Waals surface area contributed by atoms with Gasteiger partial charge in [-0.05, 0) is 31.7 Å². The molecule has 1 saturated heterocycles. The maximum Gasteiger partial charge on any atom is 0.128 e. The molecule has 1 aliphatic rings. The fraction of sp³-hybridized carbons (Fsp3) is 0.636. The Kier molecular flexibility index (Phi) is 3.09. The molecule has 1 atom stereocenters. The molecule has 2 heterocycles. The summed E-state index contributed by atoms with van der Waals surface area (Å²) < 4.78 is 5.54. The maximum atomic E-state index is 5.54. The van der Waals surface area contributed by atoms with E-state index in [1.165, 1.54) is 12.8 Å². The van der Waals surface area contributed by atoms with Crippen molar-refractivity contribution in [2.24, 2.45) is 0 Å². The molecule has 3 nitrogen and oxygen atoms in total. The van der Waals surface area contributed by atoms with Crippen LogP contribution in [0.4, 0.5) is 0 Å². The molecule has 2 rings (SSSR count). The van der Waals surface area contributed by atoms with Crippen LogP contribution in [0, 0.1) is 6.92 Å². The molecule has 76 valence electrons. The van der Waals surface area contributed by atoms with Gasteiger partial charge in [0.2, 0.25) is 0 Å². The highest BCUT2D eigenvalue weighted by molar-refractivity contribution is 5.01. The van der Waals surface area contributed by atoms with Crippen LogP contribution in [0.3, 0.4) is 0 Å². The Balaban J connectivity index is 1.82. The first-order valence-electron chi connectivity index (χ1n) is 5.24. The van der Waals surface area contributed by atoms with E-state index < -0.39 is 0 Å². The molecular formula is C11H16N2O. The lowest BCUT2D eigenvalue weighted by Crippen LogP contribution is -2.07. The summed E-state index contributed by atoms with van der Waals surface area (Å²) in [4.78, 5) is 8.55. The molecule has 0 radical (unpaired) electrons. The van der Waals surface area contributed by atoms with E-state index in [2.05, 4.69) is 9.97 Å². The Morgan fingerprint density at radius 1 is 1.43 bits per heavy atom. The van der Waals surface area contributed by atoms with E-state index in [0.29, 0.717) is 6.10 Å². The van der Waals surface area contributed by atoms with Crippen LogP contribution in [-0.4, -0.2) is 22.7 Å². The van der Waals surface area contributed by atoms with Gasteiger partial charge in [-0.25, -0.2) is 9.97 Å². The van der Waals surface area contributed by atoms with Crippen LogP contribution in [0.25, 0.3) is 0 Å². The molecule has 0 N–H and O–H groups in total. The molecule has 0 bridgehead atoms. The summed E-state index contributed by atoms with van der Waals surface area (Å²) in [6.45, 7) is 2.93. The van der Waals surface area contributed by atoms with E-state index >= 15 is 0 Å². The standard InChI is InChI=1S/C11H16N2O/c1-9-7-12-11(13-8-9)5-4-10-3-2-6-14-10/h7-8,10H,2-6H2,1H3. The second-order valence-electron chi connectivity index (χ2n) is 3.85. The molecular weight excluding hydrogens is 176 g/mol. The maximum absolute atomic E-state index is 5.54. The summed E-state index contributed by atoms with van der Waals surface area (Å²) >= 11 is 0. The van der Waals surface area contributed by atoms with E-state index in [1.54, 1.807) is 0 Å². The summed E-state index contributed by atoms with van der Waals surface area (Å²) in [6, 6.07) is 0. The van der Waals surface area contributed by atoms with Gasteiger partial charge >= 0.3 is 0 Å². The minimum absolute atomic E-state index is 0.444. The molecule has 0 aromatic carbocycles. The molecule has 0 saturated carbocycles. The van der Waals surface area contributed by atoms with Crippen LogP contribution in [0.2, 0.25) is 0 Å². The number of hydrogen-bond donors (Lipinski definition) is 0. The Morgan fingerprint density at radius 3 is 2.86 bits per heavy atom. The molecule has 1 aliphatic heterocycles. The van der Waals surface area contributed by atoms with Gasteiger partial charge in [0.05, 0.1) is 6.10 Å². The molecule has 0 amide bonds. The van der Waals surface area contributed by atoms with Crippen LogP contribution < -0.4 is 0 Å². The average molecular weight is 192 g/mol. The van der Waals surface area contributed by atoms with E-state index in [1.807, 2.05) is 19.3 Å². The lowest BCUT2D eigenvalue weighted by molar-refractivity contribution is 0.104. The minimum Gasteiger partial charge on any atom is -0.378 e. The van der Waals surface area contributed by atoms with Crippen molar-refractivity contribution in [3.05, 3.63) is 23.8 Å². The third-order valence-electron chi connectivity index (χ3n) is 2.55. The SMILES string of the molecule is Cc1cnc(CCC2CCCO2)nc1. The molecule has 3 heteroatoms. The van der Waals surface area contributed by atoms with Gasteiger partial charge in [0, 0.05) is 25.4 Å². The summed E-state index contributed by atoms with van der Waals surface area (Å²) in [6.07, 6.45) is 8.59. The molecule has 1 aromatic heterocycles. The van der Waals surface area contributed by atoms with Crippen LogP contribution in [0.1, 0.15) is 30.7 Å². The largest absolute Gasteiger partial charge is 0.378 e. The second-order valence-corrected chi connectivity index (χ2v) is 3.85. The summed E-state index contributed by atoms with van der Waals surface area (Å²) in [5, 5.41) is 0. The van der Waals surface area contributed by atoms with Gasteiger partial charge in [0.1, 0.15) is 5.82 Å². The quantitative estimate of drug-likeness (QED) is 0.733. The molecule has 0 aliphatic carbocycles. The van der Waals surface area contributed by atoms with Crippen molar-refractivity contribution < 1.29 is 4.74 Å². The van der Waals surface area contributed by atoms with Crippen molar-refractivity contribution in [3.63, 3.8) is 0 Å². The highest BCUT2D eigenvalue weighted by atomic mass is 16.5. The first-order chi connectivity index (χ1) is 6.84. The normalized spacial score (nSPS) is 21.4. The van der Waals surface area contributed by atoms with Gasteiger partial charge in [-0.2, -0.15) is 0 Å². The van der Waals surface area contributed by atoms with Gasteiger partial charge in [-0.1, -0.05) is 0 Å². The Morgan fingerprint density at radius 2 is 2.21 bits per heavy atom. The fourth-order valence-corrected chi connectivity index (χ4v) is 1.71. The van der Waals surface area contributed by atoms with E-state index in [-0.39, 0.29) is 0 Å². The predicted molar refractivity (Wildman–Crippen MR) is 54.1 cm³/mol. The van der Waals surface area contributed by atoms with Crippen LogP contribution in [-0.2, 0) is 11.2 Å². The van der Waals surface area contributed by atoms with E-state index in [0.717, 1.165) is 30.8 Å². The van der Waals surface area contributed by atoms with E-state index in [9.17, 15) is 0 Å². The Labute approximate surface area is 84.5 Å². The number of ether oxygens (including phenoxy) is 1. The van der Waals surface area contributed by atoms with Crippen LogP contribution in [0.5, 0.6) is 0 Å². The van der Waals surface area contributed by atoms with Crippen LogP contribution in [0.15, 0.2) is 12.4 Å². The zero-order chi connectivity index (χ0) is 9.80. The first-order valence-corrected chi connectivity index (χ1v) is 5.24. The average Bonchev–Trinajstić information content (AvgIpc) is 2.70. The van der Waals surface area contributed by atoms with E-state index in [4.69, 9.17) is 4.74 Å². The second kappa shape index (κ2) is 4.51. The Hall–Kier alpha value is -0.960. The molecule has 1 unspecified atom stereocenters. The highest BCUT2D eigenvalue weighted by Crippen LogP contribution is 2.16. The number of aryl methyl sites for hydroxylation is 2. The Bertz CT molecular complexity index is 278. The van der Waals surface area contributed by atoms with Gasteiger partial charge < -0.3 is 4.74 Å². The molecule has 14 heavy (non-hydrogen) atoms. The number of nitrogens with zero attached hydrogens (tertiary/aromatic N) is 2. The molecule has 1 fully saturated rings. The number of aromatic nitrogens is 2. The molecule has 1 aromatic rings. The highest BCUT2D eigenvalue weighted by Gasteiger charge is 2.15. The fourth-order valence-electron chi connectivity index (χ4n) is 1.71. The lowest BCUT2D eigenvalue weighted by Gasteiger charge is -2.07. The summed E-state index contributed by atoms with van der Waals surface area (Å²) in [5.41, 5.74) is 1.12. The third kappa shape index (κ3) is 2.51. The first kappa shape index (κ1) is 9.59. The van der Waals surface area contributed by atoms with Crippen molar-refractivity contribution >= 4 is 0 Å². The van der Waals surface area contributed by atoms with Gasteiger partial charge in [0.25, 0.3) is 0 Å². The summed E-state index contributed by atoms with van der Waals surface area (Å²) in [7, 11) is 0. The number of rotatable bonds is 3. The topological polar surface area (TPSA) is 35.0 Å². The van der Waals surface area contributed by atoms with Crippen LogP contribution >= 0.6 is 0 Å². The third-order valence-corrected chi connectivity index (χ3v) is 2.55. The van der Waals surface area contributed by atoms with Crippen molar-refractivity contribution in [3.8, 4) is 0 Å². The zero-order valence-electron chi connectivity index (χ0n) is 8.57. The number of hydrogen-bond acceptors (Lipinski definition) is 3. The van der Waals surface area contributed by atoms with Gasteiger partial charge in [0.15, 0.2) is 0 Å². The lowest BCUT2D eigenvalue weighted by atomic mass is 10.1. The van der Waals surface area contributed by atoms with Gasteiger partial charge in [-0.3, -0.25) is 0 Å². The zero-order valence-corrected chi connectivity index (χ0v) is 8.57. The molecule has 0 spiro atoms. The minimum atomic E-state index is 0.444.